The van der Waals surface area contributed by atoms with Crippen LogP contribution in [0.4, 0.5) is 0 Å². The first-order valence-electron chi connectivity index (χ1n) is 7.32. The Hall–Kier alpha value is -2.07. The molecule has 116 valence electrons. The third-order valence-electron chi connectivity index (χ3n) is 3.29. The lowest BCUT2D eigenvalue weighted by molar-refractivity contribution is 0.215. The van der Waals surface area contributed by atoms with Crippen molar-refractivity contribution in [3.8, 4) is 11.5 Å². The second-order valence-electron chi connectivity index (χ2n) is 5.28. The molecule has 3 nitrogen and oxygen atoms in total. The largest absolute Gasteiger partial charge is 0.490 e. The van der Waals surface area contributed by atoms with Crippen LogP contribution in [-0.2, 0) is 0 Å². The Morgan fingerprint density at radius 2 is 1.64 bits per heavy atom. The first kappa shape index (κ1) is 16.3. The Kier molecular flexibility index (Phi) is 5.78. The van der Waals surface area contributed by atoms with Crippen molar-refractivity contribution < 1.29 is 9.47 Å². The van der Waals surface area contributed by atoms with Crippen molar-refractivity contribution in [3.05, 3.63) is 59.7 Å². The zero-order valence-corrected chi connectivity index (χ0v) is 13.7. The van der Waals surface area contributed by atoms with Crippen LogP contribution >= 0.6 is 12.2 Å². The molecule has 22 heavy (non-hydrogen) atoms. The Bertz CT molecular complexity index is 623. The second kappa shape index (κ2) is 7.80. The fourth-order valence-electron chi connectivity index (χ4n) is 2.12. The fourth-order valence-corrected chi connectivity index (χ4v) is 2.25. The van der Waals surface area contributed by atoms with Gasteiger partial charge in [0.25, 0.3) is 0 Å². The van der Waals surface area contributed by atoms with E-state index in [0.717, 1.165) is 17.1 Å². The number of nitrogens with two attached hydrogens (primary N) is 1. The van der Waals surface area contributed by atoms with E-state index >= 15 is 0 Å². The van der Waals surface area contributed by atoms with E-state index in [2.05, 4.69) is 19.9 Å². The van der Waals surface area contributed by atoms with Gasteiger partial charge in [-0.1, -0.05) is 44.3 Å². The van der Waals surface area contributed by atoms with Gasteiger partial charge in [-0.25, -0.2) is 0 Å². The lowest BCUT2D eigenvalue weighted by Gasteiger charge is -2.14. The Labute approximate surface area is 137 Å². The van der Waals surface area contributed by atoms with Gasteiger partial charge in [-0.05, 0) is 41.8 Å². The molecule has 2 N–H and O–H groups in total. The summed E-state index contributed by atoms with van der Waals surface area (Å²) in [5, 5.41) is 0. The molecule has 2 rings (SSSR count). The molecule has 2 aromatic carbocycles. The first-order chi connectivity index (χ1) is 10.6. The molecule has 0 bridgehead atoms. The number of hydrogen-bond acceptors (Lipinski definition) is 3. The molecular formula is C18H21NO2S. The normalized spacial score (nSPS) is 10.5. The minimum atomic E-state index is 0.389. The number of rotatable bonds is 7. The molecule has 0 heterocycles. The van der Waals surface area contributed by atoms with Crippen LogP contribution in [0.15, 0.2) is 48.5 Å². The highest BCUT2D eigenvalue weighted by atomic mass is 32.1. The average Bonchev–Trinajstić information content (AvgIpc) is 2.52. The number of hydrogen-bond donors (Lipinski definition) is 1. The number of benzene rings is 2. The van der Waals surface area contributed by atoms with Gasteiger partial charge in [-0.2, -0.15) is 0 Å². The van der Waals surface area contributed by atoms with Gasteiger partial charge in [-0.15, -0.1) is 0 Å². The predicted octanol–water partition coefficient (Wildman–Crippen LogP) is 3.90. The molecule has 0 fully saturated rings. The standard InChI is InChI=1S/C18H21NO2S/c1-13(2)16-5-3-4-6-17(16)21-12-11-20-15-9-7-14(8-10-15)18(19)22/h3-10,13H,11-12H2,1-2H3,(H2,19,22). The fraction of sp³-hybridized carbons (Fsp3) is 0.278. The minimum Gasteiger partial charge on any atom is -0.490 e. The Morgan fingerprint density at radius 3 is 2.27 bits per heavy atom. The average molecular weight is 315 g/mol. The zero-order valence-electron chi connectivity index (χ0n) is 12.9. The maximum atomic E-state index is 5.82. The highest BCUT2D eigenvalue weighted by Crippen LogP contribution is 2.25. The second-order valence-corrected chi connectivity index (χ2v) is 5.72. The van der Waals surface area contributed by atoms with Crippen LogP contribution in [-0.4, -0.2) is 18.2 Å². The molecule has 4 heteroatoms. The summed E-state index contributed by atoms with van der Waals surface area (Å²) in [6, 6.07) is 15.5. The summed E-state index contributed by atoms with van der Waals surface area (Å²) in [6.07, 6.45) is 0. The summed E-state index contributed by atoms with van der Waals surface area (Å²) in [6.45, 7) is 5.30. The van der Waals surface area contributed by atoms with E-state index in [0.29, 0.717) is 24.1 Å². The predicted molar refractivity (Wildman–Crippen MR) is 93.9 cm³/mol. The highest BCUT2D eigenvalue weighted by molar-refractivity contribution is 7.80. The molecule has 0 aliphatic carbocycles. The van der Waals surface area contributed by atoms with Gasteiger partial charge in [0.15, 0.2) is 0 Å². The molecule has 0 aliphatic rings. The molecule has 0 radical (unpaired) electrons. The number of thiocarbonyl (C=S) groups is 1. The molecule has 2 aromatic rings. The summed E-state index contributed by atoms with van der Waals surface area (Å²) < 4.78 is 11.5. The third-order valence-corrected chi connectivity index (χ3v) is 3.53. The van der Waals surface area contributed by atoms with Crippen LogP contribution in [0.2, 0.25) is 0 Å². The molecule has 0 atom stereocenters. The maximum absolute atomic E-state index is 5.82. The van der Waals surface area contributed by atoms with Gasteiger partial charge in [0.1, 0.15) is 29.7 Å². The van der Waals surface area contributed by atoms with E-state index in [1.807, 2.05) is 42.5 Å². The minimum absolute atomic E-state index is 0.389. The van der Waals surface area contributed by atoms with Gasteiger partial charge < -0.3 is 15.2 Å². The van der Waals surface area contributed by atoms with Crippen molar-refractivity contribution in [2.24, 2.45) is 5.73 Å². The summed E-state index contributed by atoms with van der Waals surface area (Å²) in [5.74, 6) is 2.13. The molecule has 0 amide bonds. The summed E-state index contributed by atoms with van der Waals surface area (Å²) in [7, 11) is 0. The van der Waals surface area contributed by atoms with Crippen LogP contribution in [0.5, 0.6) is 11.5 Å². The molecule has 0 spiro atoms. The van der Waals surface area contributed by atoms with Crippen molar-refractivity contribution in [2.45, 2.75) is 19.8 Å². The third kappa shape index (κ3) is 4.46. The van der Waals surface area contributed by atoms with Crippen molar-refractivity contribution in [1.29, 1.82) is 0 Å². The lowest BCUT2D eigenvalue weighted by Crippen LogP contribution is -2.11. The lowest BCUT2D eigenvalue weighted by atomic mass is 10.0. The topological polar surface area (TPSA) is 44.5 Å². The van der Waals surface area contributed by atoms with Gasteiger partial charge in [-0.3, -0.25) is 0 Å². The van der Waals surface area contributed by atoms with E-state index in [-0.39, 0.29) is 0 Å². The number of ether oxygens (including phenoxy) is 2. The van der Waals surface area contributed by atoms with Crippen LogP contribution < -0.4 is 15.2 Å². The van der Waals surface area contributed by atoms with E-state index in [4.69, 9.17) is 27.4 Å². The van der Waals surface area contributed by atoms with Crippen molar-refractivity contribution >= 4 is 17.2 Å². The molecular weight excluding hydrogens is 294 g/mol. The number of para-hydroxylation sites is 1. The van der Waals surface area contributed by atoms with Crippen LogP contribution in [0.25, 0.3) is 0 Å². The SMILES string of the molecule is CC(C)c1ccccc1OCCOc1ccc(C(N)=S)cc1. The molecule has 0 saturated heterocycles. The monoisotopic (exact) mass is 315 g/mol. The summed E-state index contributed by atoms with van der Waals surface area (Å²) in [4.78, 5) is 0.389. The summed E-state index contributed by atoms with van der Waals surface area (Å²) >= 11 is 4.92. The highest BCUT2D eigenvalue weighted by Gasteiger charge is 2.06. The van der Waals surface area contributed by atoms with Crippen LogP contribution in [0.1, 0.15) is 30.9 Å². The molecule has 0 saturated carbocycles. The summed E-state index contributed by atoms with van der Waals surface area (Å²) in [5.41, 5.74) is 7.61. The van der Waals surface area contributed by atoms with E-state index in [1.165, 1.54) is 5.56 Å². The van der Waals surface area contributed by atoms with Crippen molar-refractivity contribution in [2.75, 3.05) is 13.2 Å². The van der Waals surface area contributed by atoms with Crippen molar-refractivity contribution in [3.63, 3.8) is 0 Å². The van der Waals surface area contributed by atoms with Crippen molar-refractivity contribution in [1.82, 2.24) is 0 Å². The van der Waals surface area contributed by atoms with Gasteiger partial charge in [0, 0.05) is 5.56 Å². The van der Waals surface area contributed by atoms with E-state index in [1.54, 1.807) is 0 Å². The van der Waals surface area contributed by atoms with Gasteiger partial charge >= 0.3 is 0 Å². The Balaban J connectivity index is 1.83. The van der Waals surface area contributed by atoms with Crippen LogP contribution in [0, 0.1) is 0 Å². The maximum Gasteiger partial charge on any atom is 0.122 e. The quantitative estimate of drug-likeness (QED) is 0.621. The zero-order chi connectivity index (χ0) is 15.9. The van der Waals surface area contributed by atoms with Gasteiger partial charge in [0.2, 0.25) is 0 Å². The smallest absolute Gasteiger partial charge is 0.122 e. The van der Waals surface area contributed by atoms with E-state index in [9.17, 15) is 0 Å². The van der Waals surface area contributed by atoms with Gasteiger partial charge in [0.05, 0.1) is 0 Å². The molecule has 0 aromatic heterocycles. The molecule has 0 unspecified atom stereocenters. The first-order valence-corrected chi connectivity index (χ1v) is 7.73. The Morgan fingerprint density at radius 1 is 1.00 bits per heavy atom. The molecule has 0 aliphatic heterocycles. The van der Waals surface area contributed by atoms with E-state index < -0.39 is 0 Å². The van der Waals surface area contributed by atoms with Crippen LogP contribution in [0.3, 0.4) is 0 Å².